The number of fused-ring (bicyclic) bond motifs is 1. The number of aliphatic hydroxyl groups is 1. The zero-order chi connectivity index (χ0) is 15.2. The number of carbonyl (C=O) groups is 1. The maximum atomic E-state index is 12.5. The van der Waals surface area contributed by atoms with Crippen LogP contribution < -0.4 is 0 Å². The highest BCUT2D eigenvalue weighted by atomic mass is 16.3. The van der Waals surface area contributed by atoms with E-state index in [9.17, 15) is 4.79 Å². The topological polar surface area (TPSA) is 71.2 Å². The molecule has 0 bridgehead atoms. The van der Waals surface area contributed by atoms with E-state index in [2.05, 4.69) is 17.2 Å². The number of hydrogen-bond acceptors (Lipinski definition) is 4. The molecule has 0 fully saturated rings. The molecule has 0 atom stereocenters. The highest BCUT2D eigenvalue weighted by Gasteiger charge is 2.16. The molecule has 0 radical (unpaired) electrons. The fourth-order valence-corrected chi connectivity index (χ4v) is 2.34. The normalized spacial score (nSPS) is 11.0. The third-order valence-electron chi connectivity index (χ3n) is 3.55. The highest BCUT2D eigenvalue weighted by Crippen LogP contribution is 2.14. The van der Waals surface area contributed by atoms with Crippen molar-refractivity contribution in [3.05, 3.63) is 23.8 Å². The first-order valence-electron chi connectivity index (χ1n) is 7.37. The van der Waals surface area contributed by atoms with Crippen molar-refractivity contribution in [3.8, 4) is 0 Å². The van der Waals surface area contributed by atoms with Gasteiger partial charge in [-0.25, -0.2) is 4.68 Å². The predicted octanol–water partition coefficient (Wildman–Crippen LogP) is 1.59. The Morgan fingerprint density at radius 1 is 1.33 bits per heavy atom. The summed E-state index contributed by atoms with van der Waals surface area (Å²) in [6, 6.07) is 5.40. The van der Waals surface area contributed by atoms with Crippen molar-refractivity contribution in [1.29, 1.82) is 0 Å². The van der Waals surface area contributed by atoms with E-state index in [4.69, 9.17) is 5.11 Å². The lowest BCUT2D eigenvalue weighted by Crippen LogP contribution is -2.34. The number of amides is 1. The van der Waals surface area contributed by atoms with Crippen LogP contribution in [-0.4, -0.2) is 50.6 Å². The average molecular weight is 290 g/mol. The molecule has 1 heterocycles. The molecule has 1 aromatic heterocycles. The molecule has 2 aromatic rings. The number of nitrogens with zero attached hydrogens (tertiary/aromatic N) is 4. The van der Waals surface area contributed by atoms with Gasteiger partial charge in [-0.1, -0.05) is 25.0 Å². The number of aliphatic hydroxyl groups excluding tert-OH is 1. The van der Waals surface area contributed by atoms with Gasteiger partial charge in [0.2, 0.25) is 0 Å². The zero-order valence-electron chi connectivity index (χ0n) is 12.6. The predicted molar refractivity (Wildman–Crippen MR) is 81.0 cm³/mol. The summed E-state index contributed by atoms with van der Waals surface area (Å²) in [5, 5.41) is 17.1. The Morgan fingerprint density at radius 3 is 2.86 bits per heavy atom. The van der Waals surface area contributed by atoms with Crippen molar-refractivity contribution in [3.63, 3.8) is 0 Å². The summed E-state index contributed by atoms with van der Waals surface area (Å²) in [4.78, 5) is 14.2. The van der Waals surface area contributed by atoms with Gasteiger partial charge in [0, 0.05) is 25.7 Å². The van der Waals surface area contributed by atoms with Crippen LogP contribution in [0, 0.1) is 0 Å². The quantitative estimate of drug-likeness (QED) is 0.786. The number of hydrogen-bond donors (Lipinski definition) is 1. The SMILES string of the molecule is CCCCCN(CCO)C(=O)c1ccc2c(c1)nnn2C. The fourth-order valence-electron chi connectivity index (χ4n) is 2.34. The lowest BCUT2D eigenvalue weighted by Gasteiger charge is -2.21. The Bertz CT molecular complexity index is 609. The Morgan fingerprint density at radius 2 is 2.14 bits per heavy atom. The molecule has 0 saturated heterocycles. The number of benzene rings is 1. The maximum Gasteiger partial charge on any atom is 0.254 e. The third-order valence-corrected chi connectivity index (χ3v) is 3.55. The molecule has 1 N–H and O–H groups in total. The first-order chi connectivity index (χ1) is 10.2. The summed E-state index contributed by atoms with van der Waals surface area (Å²) in [6.07, 6.45) is 3.14. The first kappa shape index (κ1) is 15.4. The van der Waals surface area contributed by atoms with Gasteiger partial charge in [0.25, 0.3) is 5.91 Å². The van der Waals surface area contributed by atoms with Gasteiger partial charge in [0.05, 0.1) is 12.1 Å². The second-order valence-electron chi connectivity index (χ2n) is 5.14. The van der Waals surface area contributed by atoms with Gasteiger partial charge >= 0.3 is 0 Å². The molecular formula is C15H22N4O2. The minimum absolute atomic E-state index is 0.0226. The second kappa shape index (κ2) is 7.17. The largest absolute Gasteiger partial charge is 0.395 e. The van der Waals surface area contributed by atoms with Crippen LogP contribution in [0.2, 0.25) is 0 Å². The first-order valence-corrected chi connectivity index (χ1v) is 7.37. The van der Waals surface area contributed by atoms with Crippen LogP contribution in [0.5, 0.6) is 0 Å². The summed E-state index contributed by atoms with van der Waals surface area (Å²) < 4.78 is 1.68. The maximum absolute atomic E-state index is 12.5. The molecule has 0 aliphatic carbocycles. The highest BCUT2D eigenvalue weighted by molar-refractivity contribution is 5.97. The lowest BCUT2D eigenvalue weighted by molar-refractivity contribution is 0.0719. The number of unbranched alkanes of at least 4 members (excludes halogenated alkanes) is 2. The van der Waals surface area contributed by atoms with Crippen molar-refractivity contribution in [2.75, 3.05) is 19.7 Å². The van der Waals surface area contributed by atoms with E-state index in [1.54, 1.807) is 21.7 Å². The molecule has 0 unspecified atom stereocenters. The zero-order valence-corrected chi connectivity index (χ0v) is 12.6. The smallest absolute Gasteiger partial charge is 0.254 e. The van der Waals surface area contributed by atoms with Crippen LogP contribution in [0.15, 0.2) is 18.2 Å². The van der Waals surface area contributed by atoms with Gasteiger partial charge in [-0.2, -0.15) is 0 Å². The Hall–Kier alpha value is -1.95. The van der Waals surface area contributed by atoms with Gasteiger partial charge in [0.1, 0.15) is 5.52 Å². The van der Waals surface area contributed by atoms with E-state index in [1.807, 2.05) is 13.1 Å². The number of carbonyl (C=O) groups excluding carboxylic acids is 1. The molecule has 6 nitrogen and oxygen atoms in total. The second-order valence-corrected chi connectivity index (χ2v) is 5.14. The summed E-state index contributed by atoms with van der Waals surface area (Å²) in [6.45, 7) is 3.14. The molecule has 0 spiro atoms. The van der Waals surface area contributed by atoms with E-state index in [-0.39, 0.29) is 12.5 Å². The van der Waals surface area contributed by atoms with Crippen molar-refractivity contribution in [2.24, 2.45) is 7.05 Å². The van der Waals surface area contributed by atoms with Gasteiger partial charge in [-0.05, 0) is 24.6 Å². The van der Waals surface area contributed by atoms with E-state index in [1.165, 1.54) is 0 Å². The van der Waals surface area contributed by atoms with Crippen molar-refractivity contribution in [2.45, 2.75) is 26.2 Å². The molecule has 1 aromatic carbocycles. The molecule has 21 heavy (non-hydrogen) atoms. The Kier molecular flexibility index (Phi) is 5.27. The molecular weight excluding hydrogens is 268 g/mol. The Balaban J connectivity index is 2.16. The monoisotopic (exact) mass is 290 g/mol. The lowest BCUT2D eigenvalue weighted by atomic mass is 10.1. The summed E-state index contributed by atoms with van der Waals surface area (Å²) in [5.41, 5.74) is 2.19. The average Bonchev–Trinajstić information content (AvgIpc) is 2.87. The van der Waals surface area contributed by atoms with Crippen LogP contribution in [0.4, 0.5) is 0 Å². The molecule has 2 rings (SSSR count). The number of rotatable bonds is 7. The molecule has 1 amide bonds. The molecule has 6 heteroatoms. The minimum Gasteiger partial charge on any atom is -0.395 e. The number of aromatic nitrogens is 3. The van der Waals surface area contributed by atoms with E-state index in [0.717, 1.165) is 24.8 Å². The third kappa shape index (κ3) is 3.58. The summed E-state index contributed by atoms with van der Waals surface area (Å²) >= 11 is 0. The summed E-state index contributed by atoms with van der Waals surface area (Å²) in [5.74, 6) is -0.0623. The van der Waals surface area contributed by atoms with Gasteiger partial charge in [-0.15, -0.1) is 5.10 Å². The van der Waals surface area contributed by atoms with Crippen LogP contribution in [0.3, 0.4) is 0 Å². The standard InChI is InChI=1S/C15H22N4O2/c1-3-4-5-8-19(9-10-20)15(21)12-6-7-14-13(11-12)16-17-18(14)2/h6-7,11,20H,3-5,8-10H2,1-2H3. The van der Waals surface area contributed by atoms with Crippen LogP contribution in [0.25, 0.3) is 11.0 Å². The van der Waals surface area contributed by atoms with E-state index in [0.29, 0.717) is 24.2 Å². The summed E-state index contributed by atoms with van der Waals surface area (Å²) in [7, 11) is 1.82. The van der Waals surface area contributed by atoms with Gasteiger partial charge in [0.15, 0.2) is 0 Å². The van der Waals surface area contributed by atoms with Crippen molar-refractivity contribution < 1.29 is 9.90 Å². The van der Waals surface area contributed by atoms with Crippen LogP contribution >= 0.6 is 0 Å². The molecule has 0 aliphatic rings. The van der Waals surface area contributed by atoms with Crippen molar-refractivity contribution >= 4 is 16.9 Å². The van der Waals surface area contributed by atoms with Crippen LogP contribution in [0.1, 0.15) is 36.5 Å². The Labute approximate surface area is 124 Å². The molecule has 0 saturated carbocycles. The molecule has 0 aliphatic heterocycles. The van der Waals surface area contributed by atoms with Gasteiger partial charge < -0.3 is 10.0 Å². The minimum atomic E-state index is -0.0623. The van der Waals surface area contributed by atoms with Crippen molar-refractivity contribution in [1.82, 2.24) is 19.9 Å². The van der Waals surface area contributed by atoms with E-state index < -0.39 is 0 Å². The van der Waals surface area contributed by atoms with E-state index >= 15 is 0 Å². The fraction of sp³-hybridized carbons (Fsp3) is 0.533. The van der Waals surface area contributed by atoms with Crippen LogP contribution in [-0.2, 0) is 7.05 Å². The number of aryl methyl sites for hydroxylation is 1. The molecule has 114 valence electrons. The van der Waals surface area contributed by atoms with Gasteiger partial charge in [-0.3, -0.25) is 4.79 Å².